The van der Waals surface area contributed by atoms with Crippen molar-refractivity contribution in [3.8, 4) is 0 Å². The highest BCUT2D eigenvalue weighted by atomic mass is 35.5. The highest BCUT2D eigenvalue weighted by molar-refractivity contribution is 7.92. The third kappa shape index (κ3) is 8.03. The number of amides is 2. The Kier molecular flexibility index (Phi) is 10.9. The minimum atomic E-state index is -4.15. The SMILES string of the molecule is CC[C@H](C)NC(=O)[C@H](C)N(Cc1ccc(Cl)cc1Cl)C(=O)CN(c1cc(C)ccc1C)S(=O)(=O)c1ccc(C)cc1. The van der Waals surface area contributed by atoms with Gasteiger partial charge in [-0.05, 0) is 88.1 Å². The van der Waals surface area contributed by atoms with Crippen molar-refractivity contribution in [2.45, 2.75) is 71.5 Å². The van der Waals surface area contributed by atoms with Crippen LogP contribution in [0.4, 0.5) is 5.69 Å². The van der Waals surface area contributed by atoms with E-state index in [0.717, 1.165) is 15.4 Å². The van der Waals surface area contributed by atoms with Gasteiger partial charge in [-0.1, -0.05) is 66.0 Å². The minimum Gasteiger partial charge on any atom is -0.352 e. The Morgan fingerprint density at radius 3 is 2.15 bits per heavy atom. The largest absolute Gasteiger partial charge is 0.352 e. The van der Waals surface area contributed by atoms with Gasteiger partial charge in [-0.15, -0.1) is 0 Å². The van der Waals surface area contributed by atoms with Crippen LogP contribution in [0.15, 0.2) is 65.6 Å². The smallest absolute Gasteiger partial charge is 0.264 e. The normalized spacial score (nSPS) is 12.9. The second-order valence-corrected chi connectivity index (χ2v) is 13.1. The predicted octanol–water partition coefficient (Wildman–Crippen LogP) is 6.45. The van der Waals surface area contributed by atoms with Crippen molar-refractivity contribution in [1.29, 1.82) is 0 Å². The molecule has 41 heavy (non-hydrogen) atoms. The molecule has 220 valence electrons. The van der Waals surface area contributed by atoms with Gasteiger partial charge in [0.2, 0.25) is 11.8 Å². The van der Waals surface area contributed by atoms with E-state index in [1.807, 2.05) is 39.8 Å². The average Bonchev–Trinajstić information content (AvgIpc) is 2.92. The van der Waals surface area contributed by atoms with Crippen molar-refractivity contribution in [2.24, 2.45) is 0 Å². The summed E-state index contributed by atoms with van der Waals surface area (Å²) in [5.74, 6) is -0.906. The summed E-state index contributed by atoms with van der Waals surface area (Å²) in [5, 5.41) is 3.69. The van der Waals surface area contributed by atoms with Gasteiger partial charge in [0.1, 0.15) is 12.6 Å². The van der Waals surface area contributed by atoms with Crippen LogP contribution in [0.3, 0.4) is 0 Å². The molecule has 0 aromatic heterocycles. The predicted molar refractivity (Wildman–Crippen MR) is 166 cm³/mol. The summed E-state index contributed by atoms with van der Waals surface area (Å²) in [6.07, 6.45) is 0.713. The van der Waals surface area contributed by atoms with E-state index in [1.165, 1.54) is 17.0 Å². The Balaban J connectivity index is 2.09. The van der Waals surface area contributed by atoms with Crippen LogP contribution in [0.2, 0.25) is 10.0 Å². The lowest BCUT2D eigenvalue weighted by molar-refractivity contribution is -0.139. The first-order valence-electron chi connectivity index (χ1n) is 13.4. The molecule has 3 aromatic rings. The number of rotatable bonds is 11. The van der Waals surface area contributed by atoms with Crippen LogP contribution in [0.5, 0.6) is 0 Å². The second-order valence-electron chi connectivity index (χ2n) is 10.4. The van der Waals surface area contributed by atoms with E-state index in [-0.39, 0.29) is 23.4 Å². The van der Waals surface area contributed by atoms with Gasteiger partial charge in [0.05, 0.1) is 10.6 Å². The molecule has 3 rings (SSSR count). The van der Waals surface area contributed by atoms with Gasteiger partial charge in [-0.2, -0.15) is 0 Å². The number of hydrogen-bond acceptors (Lipinski definition) is 4. The van der Waals surface area contributed by atoms with Crippen LogP contribution in [0.1, 0.15) is 49.4 Å². The summed E-state index contributed by atoms with van der Waals surface area (Å²) in [7, 11) is -4.15. The van der Waals surface area contributed by atoms with Crippen LogP contribution in [-0.2, 0) is 26.2 Å². The molecule has 0 spiro atoms. The zero-order valence-electron chi connectivity index (χ0n) is 24.2. The molecule has 0 aliphatic rings. The van der Waals surface area contributed by atoms with Crippen LogP contribution in [0, 0.1) is 20.8 Å². The molecule has 0 saturated carbocycles. The molecular formula is C31H37Cl2N3O4S. The number of sulfonamides is 1. The molecule has 1 N–H and O–H groups in total. The summed E-state index contributed by atoms with van der Waals surface area (Å²) < 4.78 is 29.2. The van der Waals surface area contributed by atoms with Gasteiger partial charge in [0, 0.05) is 22.6 Å². The molecule has 2 atom stereocenters. The van der Waals surface area contributed by atoms with Gasteiger partial charge in [0.25, 0.3) is 10.0 Å². The first-order valence-corrected chi connectivity index (χ1v) is 15.6. The molecule has 0 radical (unpaired) electrons. The van der Waals surface area contributed by atoms with Crippen LogP contribution in [-0.4, -0.2) is 43.8 Å². The summed E-state index contributed by atoms with van der Waals surface area (Å²) in [6.45, 7) is 10.4. The molecule has 0 bridgehead atoms. The minimum absolute atomic E-state index is 0.0187. The van der Waals surface area contributed by atoms with E-state index in [2.05, 4.69) is 5.32 Å². The Morgan fingerprint density at radius 2 is 1.54 bits per heavy atom. The molecule has 3 aromatic carbocycles. The lowest BCUT2D eigenvalue weighted by Crippen LogP contribution is -2.52. The number of benzene rings is 3. The Bertz CT molecular complexity index is 1510. The maximum atomic E-state index is 14.1. The van der Waals surface area contributed by atoms with Crippen molar-refractivity contribution in [3.05, 3.63) is 93.0 Å². The van der Waals surface area contributed by atoms with Crippen molar-refractivity contribution in [2.75, 3.05) is 10.8 Å². The summed E-state index contributed by atoms with van der Waals surface area (Å²) in [5.41, 5.74) is 3.40. The number of nitrogens with one attached hydrogen (secondary N) is 1. The number of carbonyl (C=O) groups excluding carboxylic acids is 2. The quantitative estimate of drug-likeness (QED) is 0.268. The molecule has 0 heterocycles. The zero-order valence-corrected chi connectivity index (χ0v) is 26.6. The van der Waals surface area contributed by atoms with Gasteiger partial charge < -0.3 is 10.2 Å². The Hall–Kier alpha value is -3.07. The number of nitrogens with zero attached hydrogens (tertiary/aromatic N) is 2. The lowest BCUT2D eigenvalue weighted by atomic mass is 10.1. The Morgan fingerprint density at radius 1 is 0.902 bits per heavy atom. The third-order valence-corrected chi connectivity index (χ3v) is 9.41. The fourth-order valence-corrected chi connectivity index (χ4v) is 6.16. The van der Waals surface area contributed by atoms with Crippen molar-refractivity contribution in [3.63, 3.8) is 0 Å². The standard InChI is InChI=1S/C31H37Cl2N3O4S/c1-7-23(5)34-31(38)24(6)35(18-25-12-13-26(32)17-28(25)33)30(37)19-36(29-16-21(3)8-11-22(29)4)41(39,40)27-14-9-20(2)10-15-27/h8-17,23-24H,7,18-19H2,1-6H3,(H,34,38)/t23-,24-/m0/s1. The van der Waals surface area contributed by atoms with E-state index in [4.69, 9.17) is 23.2 Å². The molecule has 0 aliphatic carbocycles. The molecule has 0 saturated heterocycles. The number of carbonyl (C=O) groups is 2. The number of halogens is 2. The molecule has 0 unspecified atom stereocenters. The highest BCUT2D eigenvalue weighted by Crippen LogP contribution is 2.29. The van der Waals surface area contributed by atoms with Crippen molar-refractivity contribution in [1.82, 2.24) is 10.2 Å². The van der Waals surface area contributed by atoms with Crippen molar-refractivity contribution < 1.29 is 18.0 Å². The first kappa shape index (κ1) is 32.4. The molecular weight excluding hydrogens is 581 g/mol. The summed E-state index contributed by atoms with van der Waals surface area (Å²) >= 11 is 12.5. The van der Waals surface area contributed by atoms with E-state index < -0.39 is 28.5 Å². The van der Waals surface area contributed by atoms with Crippen LogP contribution >= 0.6 is 23.2 Å². The topological polar surface area (TPSA) is 86.8 Å². The lowest BCUT2D eigenvalue weighted by Gasteiger charge is -2.33. The maximum absolute atomic E-state index is 14.1. The molecule has 0 fully saturated rings. The Labute approximate surface area is 253 Å². The van der Waals surface area contributed by atoms with Gasteiger partial charge in [-0.25, -0.2) is 8.42 Å². The van der Waals surface area contributed by atoms with E-state index in [0.29, 0.717) is 33.3 Å². The van der Waals surface area contributed by atoms with Crippen LogP contribution in [0.25, 0.3) is 0 Å². The van der Waals surface area contributed by atoms with Gasteiger partial charge in [-0.3, -0.25) is 13.9 Å². The van der Waals surface area contributed by atoms with Gasteiger partial charge in [0.15, 0.2) is 0 Å². The monoisotopic (exact) mass is 617 g/mol. The highest BCUT2D eigenvalue weighted by Gasteiger charge is 2.33. The fraction of sp³-hybridized carbons (Fsp3) is 0.355. The molecule has 2 amide bonds. The van der Waals surface area contributed by atoms with Crippen LogP contribution < -0.4 is 9.62 Å². The van der Waals surface area contributed by atoms with E-state index >= 15 is 0 Å². The maximum Gasteiger partial charge on any atom is 0.264 e. The molecule has 7 nitrogen and oxygen atoms in total. The molecule has 10 heteroatoms. The van der Waals surface area contributed by atoms with E-state index in [9.17, 15) is 18.0 Å². The third-order valence-electron chi connectivity index (χ3n) is 7.05. The second kappa shape index (κ2) is 13.7. The summed E-state index contributed by atoms with van der Waals surface area (Å²) in [4.78, 5) is 28.7. The fourth-order valence-electron chi connectivity index (χ4n) is 4.22. The first-order chi connectivity index (χ1) is 19.2. The number of hydrogen-bond donors (Lipinski definition) is 1. The average molecular weight is 619 g/mol. The molecule has 0 aliphatic heterocycles. The summed E-state index contributed by atoms with van der Waals surface area (Å²) in [6, 6.07) is 15.8. The number of aryl methyl sites for hydroxylation is 3. The van der Waals surface area contributed by atoms with Crippen molar-refractivity contribution >= 4 is 50.7 Å². The zero-order chi connectivity index (χ0) is 30.5. The van der Waals surface area contributed by atoms with E-state index in [1.54, 1.807) is 50.2 Å². The van der Waals surface area contributed by atoms with Gasteiger partial charge >= 0.3 is 0 Å². The number of anilines is 1.